The molecule has 1 aromatic heterocycles. The van der Waals surface area contributed by atoms with E-state index < -0.39 is 0 Å². The Morgan fingerprint density at radius 2 is 1.86 bits per heavy atom. The van der Waals surface area contributed by atoms with Crippen LogP contribution in [0.5, 0.6) is 11.5 Å². The Bertz CT molecular complexity index is 818. The van der Waals surface area contributed by atoms with E-state index in [4.69, 9.17) is 21.1 Å². The van der Waals surface area contributed by atoms with Gasteiger partial charge in [0.25, 0.3) is 0 Å². The van der Waals surface area contributed by atoms with E-state index in [1.54, 1.807) is 20.3 Å². The second-order valence-corrected chi connectivity index (χ2v) is 7.41. The van der Waals surface area contributed by atoms with Gasteiger partial charge >= 0.3 is 0 Å². The lowest BCUT2D eigenvalue weighted by molar-refractivity contribution is -0.118. The van der Waals surface area contributed by atoms with Gasteiger partial charge < -0.3 is 19.7 Å². The van der Waals surface area contributed by atoms with Crippen LogP contribution in [0.25, 0.3) is 0 Å². The van der Waals surface area contributed by atoms with E-state index in [0.717, 1.165) is 24.5 Å². The van der Waals surface area contributed by atoms with Crippen molar-refractivity contribution in [2.24, 2.45) is 0 Å². The zero-order valence-corrected chi connectivity index (χ0v) is 18.8. The molecule has 1 amide bonds. The number of nitrogens with one attached hydrogen (secondary N) is 1. The van der Waals surface area contributed by atoms with Gasteiger partial charge in [0.1, 0.15) is 11.0 Å². The predicted octanol–water partition coefficient (Wildman–Crippen LogP) is 3.44. The minimum Gasteiger partial charge on any atom is -0.493 e. The lowest BCUT2D eigenvalue weighted by Gasteiger charge is -2.20. The van der Waals surface area contributed by atoms with Crippen LogP contribution in [-0.4, -0.2) is 55.5 Å². The standard InChI is InChI=1S/C20H27ClN4O3S/c1-5-25(6-2)18-12-17(21)23-20(24-18)29-13-19(26)22-10-9-14-7-8-15(27-3)16(11-14)28-4/h7-8,11-12H,5-6,9-10,13H2,1-4H3,(H,22,26). The lowest BCUT2D eigenvalue weighted by Crippen LogP contribution is -2.27. The van der Waals surface area contributed by atoms with E-state index in [1.807, 2.05) is 18.2 Å². The van der Waals surface area contributed by atoms with Crippen LogP contribution in [0, 0.1) is 0 Å². The fourth-order valence-corrected chi connectivity index (χ4v) is 3.63. The van der Waals surface area contributed by atoms with Crippen LogP contribution in [0.15, 0.2) is 29.4 Å². The molecule has 0 fully saturated rings. The Morgan fingerprint density at radius 1 is 1.14 bits per heavy atom. The van der Waals surface area contributed by atoms with E-state index in [0.29, 0.717) is 34.8 Å². The SMILES string of the molecule is CCN(CC)c1cc(Cl)nc(SCC(=O)NCCc2ccc(OC)c(OC)c2)n1. The highest BCUT2D eigenvalue weighted by Gasteiger charge is 2.11. The van der Waals surface area contributed by atoms with Crippen molar-refractivity contribution in [1.82, 2.24) is 15.3 Å². The van der Waals surface area contributed by atoms with Gasteiger partial charge in [0.15, 0.2) is 16.7 Å². The zero-order valence-electron chi connectivity index (χ0n) is 17.2. The average molecular weight is 439 g/mol. The van der Waals surface area contributed by atoms with E-state index in [2.05, 4.69) is 34.0 Å². The number of ether oxygens (including phenoxy) is 2. The molecule has 0 spiro atoms. The molecule has 0 aliphatic rings. The average Bonchev–Trinajstić information content (AvgIpc) is 2.72. The predicted molar refractivity (Wildman–Crippen MR) is 118 cm³/mol. The van der Waals surface area contributed by atoms with Crippen LogP contribution in [0.2, 0.25) is 5.15 Å². The summed E-state index contributed by atoms with van der Waals surface area (Å²) in [6.45, 7) is 6.28. The smallest absolute Gasteiger partial charge is 0.230 e. The van der Waals surface area contributed by atoms with Gasteiger partial charge in [0.2, 0.25) is 5.91 Å². The third kappa shape index (κ3) is 6.97. The lowest BCUT2D eigenvalue weighted by atomic mass is 10.1. The highest BCUT2D eigenvalue weighted by atomic mass is 35.5. The first-order valence-electron chi connectivity index (χ1n) is 9.40. The third-order valence-corrected chi connectivity index (χ3v) is 5.31. The van der Waals surface area contributed by atoms with Crippen LogP contribution < -0.4 is 19.7 Å². The normalized spacial score (nSPS) is 10.5. The van der Waals surface area contributed by atoms with E-state index in [-0.39, 0.29) is 11.7 Å². The largest absolute Gasteiger partial charge is 0.493 e. The molecule has 7 nitrogen and oxygen atoms in total. The molecule has 0 saturated carbocycles. The molecule has 158 valence electrons. The maximum atomic E-state index is 12.2. The molecule has 0 aliphatic carbocycles. The molecule has 1 aromatic carbocycles. The molecule has 0 unspecified atom stereocenters. The molecule has 0 atom stereocenters. The Kier molecular flexibility index (Phi) is 9.34. The molecular formula is C20H27ClN4O3S. The topological polar surface area (TPSA) is 76.6 Å². The van der Waals surface area contributed by atoms with Crippen molar-refractivity contribution in [1.29, 1.82) is 0 Å². The number of nitrogens with zero attached hydrogens (tertiary/aromatic N) is 3. The fourth-order valence-electron chi connectivity index (χ4n) is 2.72. The van der Waals surface area contributed by atoms with Gasteiger partial charge in [-0.15, -0.1) is 0 Å². The number of thioether (sulfide) groups is 1. The van der Waals surface area contributed by atoms with Crippen molar-refractivity contribution < 1.29 is 14.3 Å². The monoisotopic (exact) mass is 438 g/mol. The first kappa shape index (κ1) is 23.1. The van der Waals surface area contributed by atoms with Gasteiger partial charge in [-0.2, -0.15) is 0 Å². The van der Waals surface area contributed by atoms with Gasteiger partial charge in [-0.1, -0.05) is 29.4 Å². The Morgan fingerprint density at radius 3 is 2.52 bits per heavy atom. The van der Waals surface area contributed by atoms with Crippen molar-refractivity contribution in [3.05, 3.63) is 35.0 Å². The van der Waals surface area contributed by atoms with Crippen molar-refractivity contribution in [2.45, 2.75) is 25.4 Å². The minimum atomic E-state index is -0.0801. The van der Waals surface area contributed by atoms with Crippen LogP contribution in [0.4, 0.5) is 5.82 Å². The number of rotatable bonds is 11. The van der Waals surface area contributed by atoms with Crippen molar-refractivity contribution >= 4 is 35.1 Å². The highest BCUT2D eigenvalue weighted by molar-refractivity contribution is 7.99. The van der Waals surface area contributed by atoms with Crippen LogP contribution in [0.3, 0.4) is 0 Å². The second-order valence-electron chi connectivity index (χ2n) is 6.08. The zero-order chi connectivity index (χ0) is 21.2. The first-order chi connectivity index (χ1) is 14.0. The molecule has 0 bridgehead atoms. The molecule has 1 heterocycles. The molecule has 29 heavy (non-hydrogen) atoms. The molecular weight excluding hydrogens is 412 g/mol. The van der Waals surface area contributed by atoms with Crippen LogP contribution >= 0.6 is 23.4 Å². The summed E-state index contributed by atoms with van der Waals surface area (Å²) in [5.41, 5.74) is 1.05. The summed E-state index contributed by atoms with van der Waals surface area (Å²) in [5.74, 6) is 2.27. The second kappa shape index (κ2) is 11.7. The van der Waals surface area contributed by atoms with Crippen molar-refractivity contribution in [3.63, 3.8) is 0 Å². The Hall–Kier alpha value is -2.19. The number of carbonyl (C=O) groups is 1. The van der Waals surface area contributed by atoms with Gasteiger partial charge in [-0.05, 0) is 38.0 Å². The summed E-state index contributed by atoms with van der Waals surface area (Å²) in [6.07, 6.45) is 0.691. The fraction of sp³-hybridized carbons (Fsp3) is 0.450. The number of methoxy groups -OCH3 is 2. The number of benzene rings is 1. The molecule has 1 N–H and O–H groups in total. The summed E-state index contributed by atoms with van der Waals surface area (Å²) in [4.78, 5) is 23.0. The van der Waals surface area contributed by atoms with Crippen LogP contribution in [0.1, 0.15) is 19.4 Å². The maximum absolute atomic E-state index is 12.2. The Labute approximate surface area is 181 Å². The van der Waals surface area contributed by atoms with Gasteiger partial charge in [-0.25, -0.2) is 9.97 Å². The molecule has 0 saturated heterocycles. The first-order valence-corrected chi connectivity index (χ1v) is 10.8. The van der Waals surface area contributed by atoms with Crippen molar-refractivity contribution in [3.8, 4) is 11.5 Å². The number of hydrogen-bond donors (Lipinski definition) is 1. The molecule has 9 heteroatoms. The summed E-state index contributed by atoms with van der Waals surface area (Å²) < 4.78 is 10.5. The van der Waals surface area contributed by atoms with Gasteiger partial charge in [0, 0.05) is 25.7 Å². The van der Waals surface area contributed by atoms with Gasteiger partial charge in [-0.3, -0.25) is 4.79 Å². The van der Waals surface area contributed by atoms with E-state index in [9.17, 15) is 4.79 Å². The minimum absolute atomic E-state index is 0.0801. The summed E-state index contributed by atoms with van der Waals surface area (Å²) in [5, 5.41) is 3.78. The number of amides is 1. The third-order valence-electron chi connectivity index (χ3n) is 4.26. The van der Waals surface area contributed by atoms with Crippen LogP contribution in [-0.2, 0) is 11.2 Å². The molecule has 2 rings (SSSR count). The molecule has 0 radical (unpaired) electrons. The highest BCUT2D eigenvalue weighted by Crippen LogP contribution is 2.27. The number of aromatic nitrogens is 2. The van der Waals surface area contributed by atoms with E-state index in [1.165, 1.54) is 11.8 Å². The summed E-state index contributed by atoms with van der Waals surface area (Å²) in [6, 6.07) is 7.46. The van der Waals surface area contributed by atoms with Gasteiger partial charge in [0.05, 0.1) is 20.0 Å². The number of halogens is 1. The number of carbonyl (C=O) groups excluding carboxylic acids is 1. The molecule has 2 aromatic rings. The van der Waals surface area contributed by atoms with E-state index >= 15 is 0 Å². The van der Waals surface area contributed by atoms with Crippen molar-refractivity contribution in [2.75, 3.05) is 44.5 Å². The summed E-state index contributed by atoms with van der Waals surface area (Å²) in [7, 11) is 3.20. The number of anilines is 1. The maximum Gasteiger partial charge on any atom is 0.230 e. The summed E-state index contributed by atoms with van der Waals surface area (Å²) >= 11 is 7.38. The number of hydrogen-bond acceptors (Lipinski definition) is 7. The Balaban J connectivity index is 1.84. The molecule has 0 aliphatic heterocycles. The quantitative estimate of drug-likeness (QED) is 0.327.